The molecule has 0 spiro atoms. The molecule has 0 bridgehead atoms. The number of carbonyl (C=O) groups is 1. The number of carbonyl (C=O) groups excluding carboxylic acids is 1. The number of fused-ring (bicyclic) bond motifs is 1. The Hall–Kier alpha value is -2.30. The summed E-state index contributed by atoms with van der Waals surface area (Å²) in [6.07, 6.45) is 1.80. The summed E-state index contributed by atoms with van der Waals surface area (Å²) in [7, 11) is 0. The number of aliphatic imine (C=N–C) groups is 1. The van der Waals surface area contributed by atoms with Crippen molar-refractivity contribution in [2.45, 2.75) is 19.9 Å². The van der Waals surface area contributed by atoms with Gasteiger partial charge in [-0.15, -0.1) is 0 Å². The van der Waals surface area contributed by atoms with Gasteiger partial charge in [-0.05, 0) is 19.9 Å². The van der Waals surface area contributed by atoms with Crippen molar-refractivity contribution in [3.8, 4) is 0 Å². The predicted octanol–water partition coefficient (Wildman–Crippen LogP) is 1.64. The highest BCUT2D eigenvalue weighted by atomic mass is 16.1. The summed E-state index contributed by atoms with van der Waals surface area (Å²) in [5, 5.41) is 0.862. The van der Waals surface area contributed by atoms with Gasteiger partial charge in [0.15, 0.2) is 5.96 Å². The van der Waals surface area contributed by atoms with Crippen LogP contribution >= 0.6 is 0 Å². The molecule has 5 heteroatoms. The van der Waals surface area contributed by atoms with E-state index < -0.39 is 5.91 Å². The largest absolute Gasteiger partial charge is 0.370 e. The van der Waals surface area contributed by atoms with Crippen LogP contribution in [0.15, 0.2) is 35.5 Å². The SMILES string of the molecule is CC(C)n1cc(C(=O)N=C(N)N)c2ccccc21. The van der Waals surface area contributed by atoms with E-state index in [2.05, 4.69) is 18.8 Å². The van der Waals surface area contributed by atoms with Crippen molar-refractivity contribution in [2.75, 3.05) is 0 Å². The first kappa shape index (κ1) is 12.2. The molecule has 2 rings (SSSR count). The van der Waals surface area contributed by atoms with Crippen LogP contribution in [0.5, 0.6) is 0 Å². The summed E-state index contributed by atoms with van der Waals surface area (Å²) in [4.78, 5) is 15.5. The molecule has 2 aromatic rings. The van der Waals surface area contributed by atoms with E-state index in [0.717, 1.165) is 10.9 Å². The maximum Gasteiger partial charge on any atom is 0.282 e. The van der Waals surface area contributed by atoms with Crippen molar-refractivity contribution in [3.63, 3.8) is 0 Å². The lowest BCUT2D eigenvalue weighted by molar-refractivity contribution is 0.100. The van der Waals surface area contributed by atoms with Gasteiger partial charge in [0.05, 0.1) is 5.56 Å². The van der Waals surface area contributed by atoms with E-state index in [4.69, 9.17) is 11.5 Å². The molecular weight excluding hydrogens is 228 g/mol. The van der Waals surface area contributed by atoms with Gasteiger partial charge >= 0.3 is 0 Å². The molecule has 18 heavy (non-hydrogen) atoms. The molecule has 0 aliphatic carbocycles. The molecule has 5 nitrogen and oxygen atoms in total. The third-order valence-corrected chi connectivity index (χ3v) is 2.76. The molecular formula is C13H16N4O. The number of aromatic nitrogens is 1. The van der Waals surface area contributed by atoms with Crippen LogP contribution in [-0.2, 0) is 0 Å². The fourth-order valence-corrected chi connectivity index (χ4v) is 1.98. The average molecular weight is 244 g/mol. The molecule has 1 aromatic heterocycles. The van der Waals surface area contributed by atoms with Gasteiger partial charge < -0.3 is 16.0 Å². The number of hydrogen-bond acceptors (Lipinski definition) is 1. The predicted molar refractivity (Wildman–Crippen MR) is 72.5 cm³/mol. The Balaban J connectivity index is 2.65. The second-order valence-electron chi connectivity index (χ2n) is 4.40. The van der Waals surface area contributed by atoms with E-state index in [1.165, 1.54) is 0 Å². The molecule has 0 atom stereocenters. The minimum absolute atomic E-state index is 0.221. The van der Waals surface area contributed by atoms with Gasteiger partial charge in [-0.2, -0.15) is 4.99 Å². The van der Waals surface area contributed by atoms with Gasteiger partial charge in [-0.25, -0.2) is 0 Å². The van der Waals surface area contributed by atoms with E-state index in [-0.39, 0.29) is 12.0 Å². The molecule has 1 aromatic carbocycles. The van der Waals surface area contributed by atoms with E-state index in [9.17, 15) is 4.79 Å². The average Bonchev–Trinajstić information content (AvgIpc) is 2.67. The maximum absolute atomic E-state index is 11.9. The summed E-state index contributed by atoms with van der Waals surface area (Å²) in [6, 6.07) is 7.95. The van der Waals surface area contributed by atoms with Gasteiger partial charge in [0.2, 0.25) is 0 Å². The van der Waals surface area contributed by atoms with E-state index >= 15 is 0 Å². The van der Waals surface area contributed by atoms with E-state index in [1.54, 1.807) is 6.20 Å². The van der Waals surface area contributed by atoms with Gasteiger partial charge in [0.1, 0.15) is 0 Å². The molecule has 94 valence electrons. The summed E-state index contributed by atoms with van der Waals surface area (Å²) in [5.41, 5.74) is 12.0. The molecule has 0 radical (unpaired) electrons. The molecule has 0 saturated carbocycles. The van der Waals surface area contributed by atoms with E-state index in [0.29, 0.717) is 5.56 Å². The highest BCUT2D eigenvalue weighted by molar-refractivity contribution is 6.10. The molecule has 0 unspecified atom stereocenters. The minimum atomic E-state index is -0.411. The highest BCUT2D eigenvalue weighted by Gasteiger charge is 2.15. The minimum Gasteiger partial charge on any atom is -0.370 e. The van der Waals surface area contributed by atoms with Crippen LogP contribution in [0.25, 0.3) is 10.9 Å². The Labute approximate surface area is 105 Å². The Morgan fingerprint density at radius 2 is 1.94 bits per heavy atom. The van der Waals surface area contributed by atoms with Crippen molar-refractivity contribution >= 4 is 22.8 Å². The Morgan fingerprint density at radius 3 is 2.56 bits per heavy atom. The number of amides is 1. The number of nitrogens with two attached hydrogens (primary N) is 2. The normalized spacial score (nSPS) is 10.8. The monoisotopic (exact) mass is 244 g/mol. The third kappa shape index (κ3) is 2.07. The topological polar surface area (TPSA) is 86.4 Å². The summed E-state index contributed by atoms with van der Waals surface area (Å²) in [6.45, 7) is 4.11. The first-order chi connectivity index (χ1) is 8.50. The van der Waals surface area contributed by atoms with Crippen molar-refractivity contribution in [3.05, 3.63) is 36.0 Å². The first-order valence-corrected chi connectivity index (χ1v) is 5.74. The number of nitrogens with zero attached hydrogens (tertiary/aromatic N) is 2. The zero-order valence-electron chi connectivity index (χ0n) is 10.4. The zero-order valence-corrected chi connectivity index (χ0v) is 10.4. The summed E-state index contributed by atoms with van der Waals surface area (Å²) < 4.78 is 2.03. The highest BCUT2D eigenvalue weighted by Crippen LogP contribution is 2.25. The fourth-order valence-electron chi connectivity index (χ4n) is 1.98. The molecule has 0 aliphatic rings. The van der Waals surface area contributed by atoms with Crippen LogP contribution in [0.3, 0.4) is 0 Å². The quantitative estimate of drug-likeness (QED) is 0.622. The van der Waals surface area contributed by atoms with Crippen LogP contribution in [-0.4, -0.2) is 16.4 Å². The summed E-state index contributed by atoms with van der Waals surface area (Å²) >= 11 is 0. The number of para-hydroxylation sites is 1. The molecule has 0 fully saturated rings. The second-order valence-corrected chi connectivity index (χ2v) is 4.40. The van der Waals surface area contributed by atoms with Crippen molar-refractivity contribution in [2.24, 2.45) is 16.5 Å². The smallest absolute Gasteiger partial charge is 0.282 e. The van der Waals surface area contributed by atoms with Crippen LogP contribution in [0, 0.1) is 0 Å². The van der Waals surface area contributed by atoms with Gasteiger partial charge in [0, 0.05) is 23.1 Å². The molecule has 1 heterocycles. The number of hydrogen-bond donors (Lipinski definition) is 2. The molecule has 0 aliphatic heterocycles. The lowest BCUT2D eigenvalue weighted by Gasteiger charge is -2.08. The van der Waals surface area contributed by atoms with Crippen molar-refractivity contribution in [1.82, 2.24) is 4.57 Å². The van der Waals surface area contributed by atoms with Crippen LogP contribution in [0.4, 0.5) is 0 Å². The lowest BCUT2D eigenvalue weighted by atomic mass is 10.2. The van der Waals surface area contributed by atoms with Crippen LogP contribution in [0.2, 0.25) is 0 Å². The molecule has 1 amide bonds. The second kappa shape index (κ2) is 4.52. The maximum atomic E-state index is 11.9. The number of rotatable bonds is 2. The van der Waals surface area contributed by atoms with Crippen molar-refractivity contribution < 1.29 is 4.79 Å². The molecule has 0 saturated heterocycles. The van der Waals surface area contributed by atoms with E-state index in [1.807, 2.05) is 28.8 Å². The first-order valence-electron chi connectivity index (χ1n) is 5.74. The summed E-state index contributed by atoms with van der Waals surface area (Å²) in [5.74, 6) is -0.632. The Morgan fingerprint density at radius 1 is 1.28 bits per heavy atom. The Kier molecular flexibility index (Phi) is 3.06. The Bertz CT molecular complexity index is 621. The lowest BCUT2D eigenvalue weighted by Crippen LogP contribution is -2.24. The number of guanidine groups is 1. The van der Waals surface area contributed by atoms with Gasteiger partial charge in [-0.3, -0.25) is 4.79 Å². The van der Waals surface area contributed by atoms with Crippen molar-refractivity contribution in [1.29, 1.82) is 0 Å². The molecule has 4 N–H and O–H groups in total. The van der Waals surface area contributed by atoms with Gasteiger partial charge in [0.25, 0.3) is 5.91 Å². The van der Waals surface area contributed by atoms with Gasteiger partial charge in [-0.1, -0.05) is 18.2 Å². The third-order valence-electron chi connectivity index (χ3n) is 2.76. The zero-order chi connectivity index (χ0) is 13.3. The fraction of sp³-hybridized carbons (Fsp3) is 0.231. The number of benzene rings is 1. The van der Waals surface area contributed by atoms with Crippen LogP contribution in [0.1, 0.15) is 30.2 Å². The standard InChI is InChI=1S/C13H16N4O/c1-8(2)17-7-10(12(18)16-13(14)15)9-5-3-4-6-11(9)17/h3-8H,1-2H3,(H4,14,15,16,18). The van der Waals surface area contributed by atoms with Crippen LogP contribution < -0.4 is 11.5 Å².